The summed E-state index contributed by atoms with van der Waals surface area (Å²) in [4.78, 5) is 24.8. The van der Waals surface area contributed by atoms with E-state index in [2.05, 4.69) is 41.5 Å². The van der Waals surface area contributed by atoms with E-state index in [1.807, 2.05) is 0 Å². The van der Waals surface area contributed by atoms with Crippen LogP contribution in [0.4, 0.5) is 0 Å². The van der Waals surface area contributed by atoms with Crippen LogP contribution in [0.1, 0.15) is 106 Å². The summed E-state index contributed by atoms with van der Waals surface area (Å²) in [6.07, 6.45) is 9.97. The quantitative estimate of drug-likeness (QED) is 0.288. The zero-order valence-corrected chi connectivity index (χ0v) is 20.6. The van der Waals surface area contributed by atoms with Crippen molar-refractivity contribution in [1.29, 1.82) is 0 Å². The van der Waals surface area contributed by atoms with Crippen molar-refractivity contribution in [2.75, 3.05) is 13.2 Å². The van der Waals surface area contributed by atoms with E-state index in [9.17, 15) is 9.59 Å². The van der Waals surface area contributed by atoms with E-state index in [1.54, 1.807) is 0 Å². The Morgan fingerprint density at radius 2 is 0.933 bits per heavy atom. The van der Waals surface area contributed by atoms with Gasteiger partial charge in [0.05, 0.1) is 25.0 Å². The lowest BCUT2D eigenvalue weighted by molar-refractivity contribution is -0.156. The molecule has 0 aromatic heterocycles. The molecule has 0 bridgehead atoms. The maximum Gasteiger partial charge on any atom is 0.308 e. The summed E-state index contributed by atoms with van der Waals surface area (Å²) in [5.41, 5.74) is 0. The highest BCUT2D eigenvalue weighted by atomic mass is 16.5. The number of carbonyl (C=O) groups excluding carboxylic acids is 2. The average Bonchev–Trinajstić information content (AvgIpc) is 2.77. The summed E-state index contributed by atoms with van der Waals surface area (Å²) < 4.78 is 11.2. The van der Waals surface area contributed by atoms with Gasteiger partial charge in [0, 0.05) is 0 Å². The van der Waals surface area contributed by atoms with Crippen LogP contribution in [0, 0.1) is 35.5 Å². The SMILES string of the molecule is CCC(C)CCC(C)COC(=O)C1CCC(C(=O)OCC(C)CCC(C)CC)CC1. The predicted octanol–water partition coefficient (Wildman–Crippen LogP) is 6.80. The van der Waals surface area contributed by atoms with E-state index in [4.69, 9.17) is 9.47 Å². The van der Waals surface area contributed by atoms with Crippen LogP contribution in [0.15, 0.2) is 0 Å². The van der Waals surface area contributed by atoms with Crippen LogP contribution in [-0.4, -0.2) is 25.2 Å². The molecule has 0 radical (unpaired) electrons. The predicted molar refractivity (Wildman–Crippen MR) is 123 cm³/mol. The zero-order chi connectivity index (χ0) is 22.5. The smallest absolute Gasteiger partial charge is 0.308 e. The standard InChI is InChI=1S/C26H48O4/c1-7-19(3)9-11-21(5)17-29-25(27)23-13-15-24(16-14-23)26(28)30-18-22(6)12-10-20(4)8-2/h19-24H,7-18H2,1-6H3. The van der Waals surface area contributed by atoms with Crippen LogP contribution >= 0.6 is 0 Å². The minimum Gasteiger partial charge on any atom is -0.465 e. The molecular formula is C26H48O4. The van der Waals surface area contributed by atoms with Crippen molar-refractivity contribution >= 4 is 11.9 Å². The summed E-state index contributed by atoms with van der Waals surface area (Å²) in [7, 11) is 0. The Kier molecular flexibility index (Phi) is 13.4. The Morgan fingerprint density at radius 3 is 1.23 bits per heavy atom. The summed E-state index contributed by atoms with van der Waals surface area (Å²) >= 11 is 0. The summed E-state index contributed by atoms with van der Waals surface area (Å²) in [5, 5.41) is 0. The fourth-order valence-electron chi connectivity index (χ4n) is 3.96. The zero-order valence-electron chi connectivity index (χ0n) is 20.6. The fourth-order valence-corrected chi connectivity index (χ4v) is 3.96. The first-order chi connectivity index (χ1) is 14.3. The van der Waals surface area contributed by atoms with Gasteiger partial charge in [-0.2, -0.15) is 0 Å². The molecule has 30 heavy (non-hydrogen) atoms. The van der Waals surface area contributed by atoms with Crippen LogP contribution < -0.4 is 0 Å². The van der Waals surface area contributed by atoms with Crippen molar-refractivity contribution in [2.45, 2.75) is 106 Å². The van der Waals surface area contributed by atoms with Crippen LogP contribution in [0.5, 0.6) is 0 Å². The summed E-state index contributed by atoms with van der Waals surface area (Å²) in [5.74, 6) is 2.05. The van der Waals surface area contributed by atoms with E-state index in [1.165, 1.54) is 25.7 Å². The minimum absolute atomic E-state index is 0.0507. The van der Waals surface area contributed by atoms with Crippen LogP contribution in [0.2, 0.25) is 0 Å². The van der Waals surface area contributed by atoms with Gasteiger partial charge in [0.25, 0.3) is 0 Å². The van der Waals surface area contributed by atoms with Crippen LogP contribution in [0.3, 0.4) is 0 Å². The van der Waals surface area contributed by atoms with E-state index in [0.717, 1.165) is 50.4 Å². The number of ether oxygens (including phenoxy) is 2. The number of carbonyl (C=O) groups is 2. The van der Waals surface area contributed by atoms with Gasteiger partial charge >= 0.3 is 11.9 Å². The summed E-state index contributed by atoms with van der Waals surface area (Å²) in [6, 6.07) is 0. The molecule has 0 spiro atoms. The first-order valence-electron chi connectivity index (χ1n) is 12.6. The van der Waals surface area contributed by atoms with Gasteiger partial charge in [0.1, 0.15) is 0 Å². The topological polar surface area (TPSA) is 52.6 Å². The molecule has 0 N–H and O–H groups in total. The second kappa shape index (κ2) is 14.9. The Morgan fingerprint density at radius 1 is 0.633 bits per heavy atom. The van der Waals surface area contributed by atoms with Crippen molar-refractivity contribution in [2.24, 2.45) is 35.5 Å². The molecule has 1 fully saturated rings. The molecule has 4 heteroatoms. The highest BCUT2D eigenvalue weighted by Gasteiger charge is 2.32. The Bertz CT molecular complexity index is 437. The molecule has 1 aliphatic rings. The molecule has 0 heterocycles. The van der Waals surface area contributed by atoms with Gasteiger partial charge in [0.2, 0.25) is 0 Å². The van der Waals surface area contributed by atoms with Crippen molar-refractivity contribution in [3.05, 3.63) is 0 Å². The van der Waals surface area contributed by atoms with Crippen LogP contribution in [-0.2, 0) is 19.1 Å². The van der Waals surface area contributed by atoms with E-state index in [0.29, 0.717) is 25.0 Å². The molecule has 176 valence electrons. The lowest BCUT2D eigenvalue weighted by Gasteiger charge is -2.27. The molecule has 1 aliphatic carbocycles. The molecule has 4 atom stereocenters. The van der Waals surface area contributed by atoms with Crippen molar-refractivity contribution in [3.63, 3.8) is 0 Å². The van der Waals surface area contributed by atoms with Crippen LogP contribution in [0.25, 0.3) is 0 Å². The molecule has 0 saturated heterocycles. The lowest BCUT2D eigenvalue weighted by Crippen LogP contribution is -2.29. The largest absolute Gasteiger partial charge is 0.465 e. The monoisotopic (exact) mass is 424 g/mol. The van der Waals surface area contributed by atoms with Gasteiger partial charge in [-0.25, -0.2) is 0 Å². The lowest BCUT2D eigenvalue weighted by atomic mass is 9.82. The molecule has 4 unspecified atom stereocenters. The van der Waals surface area contributed by atoms with Crippen molar-refractivity contribution in [1.82, 2.24) is 0 Å². The average molecular weight is 425 g/mol. The Labute approximate surface area is 185 Å². The molecular weight excluding hydrogens is 376 g/mol. The number of hydrogen-bond acceptors (Lipinski definition) is 4. The maximum absolute atomic E-state index is 12.4. The molecule has 0 amide bonds. The van der Waals surface area contributed by atoms with Gasteiger partial charge in [-0.3, -0.25) is 9.59 Å². The fraction of sp³-hybridized carbons (Fsp3) is 0.923. The molecule has 0 aromatic carbocycles. The van der Waals surface area contributed by atoms with E-state index >= 15 is 0 Å². The van der Waals surface area contributed by atoms with Crippen molar-refractivity contribution in [3.8, 4) is 0 Å². The third-order valence-electron chi connectivity index (χ3n) is 7.11. The highest BCUT2D eigenvalue weighted by Crippen LogP contribution is 2.31. The Hall–Kier alpha value is -1.06. The second-order valence-corrected chi connectivity index (χ2v) is 10.2. The first kappa shape index (κ1) is 27.0. The van der Waals surface area contributed by atoms with Gasteiger partial charge in [0.15, 0.2) is 0 Å². The minimum atomic E-state index is -0.0733. The number of rotatable bonds is 14. The highest BCUT2D eigenvalue weighted by molar-refractivity contribution is 5.75. The van der Waals surface area contributed by atoms with E-state index in [-0.39, 0.29) is 23.8 Å². The molecule has 4 nitrogen and oxygen atoms in total. The number of esters is 2. The second-order valence-electron chi connectivity index (χ2n) is 10.2. The third-order valence-corrected chi connectivity index (χ3v) is 7.11. The normalized spacial score (nSPS) is 23.3. The number of hydrogen-bond donors (Lipinski definition) is 0. The Balaban J connectivity index is 2.22. The molecule has 0 aromatic rings. The van der Waals surface area contributed by atoms with Crippen molar-refractivity contribution < 1.29 is 19.1 Å². The van der Waals surface area contributed by atoms with E-state index < -0.39 is 0 Å². The molecule has 1 rings (SSSR count). The third kappa shape index (κ3) is 10.8. The van der Waals surface area contributed by atoms with Gasteiger partial charge < -0.3 is 9.47 Å². The molecule has 0 aliphatic heterocycles. The van der Waals surface area contributed by atoms with Gasteiger partial charge in [-0.15, -0.1) is 0 Å². The van der Waals surface area contributed by atoms with Gasteiger partial charge in [-0.05, 0) is 62.2 Å². The summed E-state index contributed by atoms with van der Waals surface area (Å²) in [6.45, 7) is 14.3. The maximum atomic E-state index is 12.4. The first-order valence-corrected chi connectivity index (χ1v) is 12.6. The van der Waals surface area contributed by atoms with Gasteiger partial charge in [-0.1, -0.05) is 67.2 Å². The molecule has 1 saturated carbocycles.